The van der Waals surface area contributed by atoms with Crippen molar-refractivity contribution < 1.29 is 44.6 Å². The molecule has 50 valence electrons. The van der Waals surface area contributed by atoms with Crippen molar-refractivity contribution in [3.05, 3.63) is 7.11 Å². The van der Waals surface area contributed by atoms with E-state index in [1.165, 1.54) is 0 Å². The van der Waals surface area contributed by atoms with Crippen molar-refractivity contribution in [2.75, 3.05) is 0 Å². The van der Waals surface area contributed by atoms with Gasteiger partial charge in [-0.05, 0) is 6.42 Å². The number of aliphatic carboxylic acids is 1. The van der Waals surface area contributed by atoms with Gasteiger partial charge in [-0.1, -0.05) is 6.92 Å². The van der Waals surface area contributed by atoms with Crippen molar-refractivity contribution in [3.63, 3.8) is 0 Å². The molecule has 4 heteroatoms. The summed E-state index contributed by atoms with van der Waals surface area (Å²) >= 11 is 0. The van der Waals surface area contributed by atoms with Gasteiger partial charge < -0.3 is 10.2 Å². The molecule has 0 aliphatic rings. The van der Waals surface area contributed by atoms with Gasteiger partial charge in [0, 0.05) is 6.42 Å². The van der Waals surface area contributed by atoms with E-state index >= 15 is 0 Å². The van der Waals surface area contributed by atoms with Gasteiger partial charge in [-0.15, -0.1) is 0 Å². The van der Waals surface area contributed by atoms with E-state index in [1.54, 1.807) is 0 Å². The van der Waals surface area contributed by atoms with E-state index in [-0.39, 0.29) is 29.6 Å². The van der Waals surface area contributed by atoms with Crippen LogP contribution in [-0.4, -0.2) is 16.2 Å². The maximum absolute atomic E-state index is 9.60. The Bertz CT molecular complexity index is 56.2. The summed E-state index contributed by atoms with van der Waals surface area (Å²) in [5.74, 6) is -0.711. The molecule has 0 spiro atoms. The quantitative estimate of drug-likeness (QED) is 0.347. The summed E-state index contributed by atoms with van der Waals surface area (Å²) < 4.78 is 0. The Kier molecular flexibility index (Phi) is 28.4. The van der Waals surface area contributed by atoms with Crippen LogP contribution in [0.2, 0.25) is 0 Å². The van der Waals surface area contributed by atoms with Crippen LogP contribution in [0.1, 0.15) is 19.8 Å². The molecule has 0 aliphatic heterocycles. The molecule has 9 heavy (non-hydrogen) atoms. The molecule has 0 aliphatic carbocycles. The Hall–Kier alpha value is 0.430. The van der Waals surface area contributed by atoms with E-state index < -0.39 is 5.97 Å². The van der Waals surface area contributed by atoms with E-state index in [2.05, 4.69) is 7.11 Å². The fraction of sp³-hybridized carbons (Fsp3) is 0.600. The molecule has 0 rings (SSSR count). The van der Waals surface area contributed by atoms with Gasteiger partial charge in [-0.3, -0.25) is 4.79 Å². The van der Waals surface area contributed by atoms with E-state index in [0.29, 0.717) is 6.42 Å². The summed E-state index contributed by atoms with van der Waals surface area (Å²) in [6.45, 7) is 1.84. The van der Waals surface area contributed by atoms with Crippen molar-refractivity contribution in [1.82, 2.24) is 0 Å². The smallest absolute Gasteiger partial charge is 0.569 e. The number of carboxylic acid groups (broad SMARTS) is 1. The molecule has 0 radical (unpaired) electrons. The molecule has 2 N–H and O–H groups in total. The molecule has 0 atom stereocenters. The molecule has 0 saturated heterocycles. The first-order valence-electron chi connectivity index (χ1n) is 2.30. The molecule has 0 unspecified atom stereocenters. The Morgan fingerprint density at radius 1 is 1.56 bits per heavy atom. The Morgan fingerprint density at radius 2 is 1.89 bits per heavy atom. The number of rotatable bonds is 2. The summed E-state index contributed by atoms with van der Waals surface area (Å²) in [5, 5.41) is 14.7. The molecule has 0 aromatic rings. The van der Waals surface area contributed by atoms with Gasteiger partial charge in [-0.25, -0.2) is 7.11 Å². The summed E-state index contributed by atoms with van der Waals surface area (Å²) in [5.41, 5.74) is 0. The Balaban J connectivity index is -0.000000109. The maximum atomic E-state index is 9.60. The third-order valence-corrected chi connectivity index (χ3v) is 0.464. The molecular weight excluding hydrogens is 131 g/mol. The van der Waals surface area contributed by atoms with Gasteiger partial charge >= 0.3 is 35.5 Å². The number of aliphatic hydroxyl groups is 1. The molecule has 0 saturated carbocycles. The monoisotopic (exact) mass is 142 g/mol. The standard InChI is InChI=1S/C4H8O2.CH3O.Na/c1-2-3-4(5)6;1-2;/h2-3H2,1H3,(H,5,6);2H,1H2;/q;-1;+1. The van der Waals surface area contributed by atoms with E-state index in [0.717, 1.165) is 6.42 Å². The first kappa shape index (κ1) is 16.2. The topological polar surface area (TPSA) is 57.5 Å². The minimum atomic E-state index is -0.711. The van der Waals surface area contributed by atoms with Gasteiger partial charge in [0.25, 0.3) is 0 Å². The van der Waals surface area contributed by atoms with Crippen LogP contribution in [0.25, 0.3) is 0 Å². The van der Waals surface area contributed by atoms with Crippen LogP contribution in [0.4, 0.5) is 0 Å². The number of hydrogen-bond acceptors (Lipinski definition) is 2. The van der Waals surface area contributed by atoms with Gasteiger partial charge in [0.05, 0.1) is 0 Å². The predicted molar refractivity (Wildman–Crippen MR) is 29.8 cm³/mol. The maximum Gasteiger partial charge on any atom is 1.00 e. The molecule has 0 heterocycles. The predicted octanol–water partition coefficient (Wildman–Crippen LogP) is -1.97. The van der Waals surface area contributed by atoms with Gasteiger partial charge in [0.15, 0.2) is 0 Å². The largest absolute Gasteiger partial charge is 1.00 e. The van der Waals surface area contributed by atoms with E-state index in [1.807, 2.05) is 6.92 Å². The Morgan fingerprint density at radius 3 is 1.89 bits per heavy atom. The molecule has 0 aromatic carbocycles. The van der Waals surface area contributed by atoms with Gasteiger partial charge in [0.2, 0.25) is 0 Å². The van der Waals surface area contributed by atoms with Crippen LogP contribution in [-0.2, 0) is 4.79 Å². The van der Waals surface area contributed by atoms with Crippen molar-refractivity contribution in [1.29, 1.82) is 0 Å². The number of carbonyl (C=O) groups is 1. The van der Waals surface area contributed by atoms with Crippen LogP contribution in [0.5, 0.6) is 0 Å². The number of hydrogen-bond donors (Lipinski definition) is 2. The van der Waals surface area contributed by atoms with Crippen LogP contribution in [0.15, 0.2) is 0 Å². The normalized spacial score (nSPS) is 6.11. The van der Waals surface area contributed by atoms with E-state index in [4.69, 9.17) is 10.2 Å². The molecule has 0 amide bonds. The second kappa shape index (κ2) is 15.8. The van der Waals surface area contributed by atoms with Crippen molar-refractivity contribution in [2.45, 2.75) is 19.8 Å². The van der Waals surface area contributed by atoms with Crippen molar-refractivity contribution in [3.8, 4) is 0 Å². The Labute approximate surface area is 77.4 Å². The molecular formula is C5H11NaO3. The second-order valence-electron chi connectivity index (χ2n) is 1.14. The van der Waals surface area contributed by atoms with Crippen LogP contribution >= 0.6 is 0 Å². The minimum absolute atomic E-state index is 0. The molecule has 0 aromatic heterocycles. The average molecular weight is 142 g/mol. The van der Waals surface area contributed by atoms with Crippen LogP contribution in [0, 0.1) is 7.11 Å². The first-order valence-corrected chi connectivity index (χ1v) is 2.30. The molecule has 3 nitrogen and oxygen atoms in total. The fourth-order valence-electron chi connectivity index (χ4n) is 0.214. The van der Waals surface area contributed by atoms with Crippen molar-refractivity contribution >= 4 is 5.97 Å². The first-order chi connectivity index (χ1) is 3.77. The average Bonchev–Trinajstić information content (AvgIpc) is 1.72. The summed E-state index contributed by atoms with van der Waals surface area (Å²) in [4.78, 5) is 9.60. The zero-order valence-corrected chi connectivity index (χ0v) is 7.92. The summed E-state index contributed by atoms with van der Waals surface area (Å²) in [7, 11) is 2.25. The third-order valence-electron chi connectivity index (χ3n) is 0.464. The minimum Gasteiger partial charge on any atom is -0.569 e. The fourth-order valence-corrected chi connectivity index (χ4v) is 0.214. The van der Waals surface area contributed by atoms with Gasteiger partial charge in [-0.2, -0.15) is 0 Å². The zero-order chi connectivity index (χ0) is 6.99. The van der Waals surface area contributed by atoms with Crippen LogP contribution in [0.3, 0.4) is 0 Å². The summed E-state index contributed by atoms with van der Waals surface area (Å²) in [6, 6.07) is 0. The molecule has 0 fully saturated rings. The van der Waals surface area contributed by atoms with Crippen molar-refractivity contribution in [2.24, 2.45) is 0 Å². The van der Waals surface area contributed by atoms with E-state index in [9.17, 15) is 4.79 Å². The van der Waals surface area contributed by atoms with Gasteiger partial charge in [0.1, 0.15) is 0 Å². The number of carboxylic acids is 1. The summed E-state index contributed by atoms with van der Waals surface area (Å²) in [6.07, 6.45) is 1.02. The zero-order valence-electron chi connectivity index (χ0n) is 5.92. The number of aliphatic hydroxyl groups excluding tert-OH is 1. The van der Waals surface area contributed by atoms with Crippen LogP contribution < -0.4 is 29.6 Å². The molecule has 0 bridgehead atoms. The second-order valence-corrected chi connectivity index (χ2v) is 1.14. The third kappa shape index (κ3) is 29.6. The SMILES string of the molecule is CCCC(=O)O.[CH2-]O.[Na+].